The van der Waals surface area contributed by atoms with Crippen molar-refractivity contribution in [3.05, 3.63) is 35.4 Å². The lowest BCUT2D eigenvalue weighted by atomic mass is 10.3. The summed E-state index contributed by atoms with van der Waals surface area (Å²) < 4.78 is 46.6. The summed E-state index contributed by atoms with van der Waals surface area (Å²) in [6.07, 6.45) is 0. The van der Waals surface area contributed by atoms with Gasteiger partial charge in [0, 0.05) is 14.1 Å². The van der Waals surface area contributed by atoms with E-state index < -0.39 is 15.8 Å². The van der Waals surface area contributed by atoms with Gasteiger partial charge < -0.3 is 9.64 Å². The number of hydrogen-bond acceptors (Lipinski definition) is 6. The molecule has 136 valence electrons. The van der Waals surface area contributed by atoms with Crippen LogP contribution in [0.5, 0.6) is 5.75 Å². The van der Waals surface area contributed by atoms with Crippen LogP contribution in [0, 0.1) is 19.7 Å². The molecule has 0 aliphatic carbocycles. The molecule has 1 aromatic heterocycles. The Hall–Kier alpha value is -2.42. The number of hydrogen-bond donors (Lipinski definition) is 1. The van der Waals surface area contributed by atoms with E-state index in [-0.39, 0.29) is 22.9 Å². The van der Waals surface area contributed by atoms with Crippen LogP contribution < -0.4 is 14.4 Å². The Morgan fingerprint density at radius 1 is 1.20 bits per heavy atom. The first-order valence-electron chi connectivity index (χ1n) is 7.63. The molecule has 0 aliphatic rings. The van der Waals surface area contributed by atoms with Gasteiger partial charge >= 0.3 is 0 Å². The van der Waals surface area contributed by atoms with Crippen LogP contribution in [0.25, 0.3) is 0 Å². The van der Waals surface area contributed by atoms with Crippen LogP contribution in [0.1, 0.15) is 18.3 Å². The average Bonchev–Trinajstić information content (AvgIpc) is 2.52. The van der Waals surface area contributed by atoms with Crippen LogP contribution in [0.15, 0.2) is 23.1 Å². The molecule has 0 aliphatic heterocycles. The van der Waals surface area contributed by atoms with Crippen molar-refractivity contribution in [3.63, 3.8) is 0 Å². The first-order chi connectivity index (χ1) is 11.7. The van der Waals surface area contributed by atoms with Gasteiger partial charge in [-0.2, -0.15) is 0 Å². The number of nitrogens with zero attached hydrogens (tertiary/aromatic N) is 3. The summed E-state index contributed by atoms with van der Waals surface area (Å²) in [5, 5.41) is 0. The fraction of sp³-hybridized carbons (Fsp3) is 0.375. The molecule has 0 unspecified atom stereocenters. The van der Waals surface area contributed by atoms with Gasteiger partial charge in [0.2, 0.25) is 5.95 Å². The Morgan fingerprint density at radius 3 is 2.28 bits per heavy atom. The quantitative estimate of drug-likeness (QED) is 0.843. The number of ether oxygens (including phenoxy) is 1. The van der Waals surface area contributed by atoms with E-state index in [4.69, 9.17) is 4.74 Å². The minimum Gasteiger partial charge on any atom is -0.491 e. The van der Waals surface area contributed by atoms with E-state index in [1.165, 1.54) is 12.1 Å². The Morgan fingerprint density at radius 2 is 1.80 bits per heavy atom. The van der Waals surface area contributed by atoms with E-state index in [1.54, 1.807) is 39.8 Å². The van der Waals surface area contributed by atoms with Crippen LogP contribution >= 0.6 is 0 Å². The third-order valence-corrected chi connectivity index (χ3v) is 4.76. The predicted octanol–water partition coefficient (Wildman–Crippen LogP) is 2.50. The monoisotopic (exact) mass is 368 g/mol. The number of aromatic nitrogens is 2. The number of aryl methyl sites for hydroxylation is 2. The second-order valence-electron chi connectivity index (χ2n) is 5.59. The number of benzene rings is 1. The molecule has 0 spiro atoms. The number of halogens is 1. The molecule has 1 heterocycles. The van der Waals surface area contributed by atoms with Gasteiger partial charge in [0.05, 0.1) is 28.6 Å². The van der Waals surface area contributed by atoms with Crippen LogP contribution in [-0.4, -0.2) is 39.1 Å². The van der Waals surface area contributed by atoms with Crippen molar-refractivity contribution >= 4 is 21.7 Å². The third-order valence-electron chi connectivity index (χ3n) is 3.41. The number of rotatable bonds is 6. The molecule has 2 aromatic rings. The molecule has 0 saturated heterocycles. The fourth-order valence-electron chi connectivity index (χ4n) is 2.16. The first kappa shape index (κ1) is 18.9. The first-order valence-corrected chi connectivity index (χ1v) is 9.11. The Balaban J connectivity index is 2.38. The number of sulfonamides is 1. The molecule has 0 saturated carbocycles. The molecule has 9 heteroatoms. The second kappa shape index (κ2) is 7.22. The standard InChI is InChI=1S/C16H21FN4O3S/c1-6-24-14-8-7-12(9-13(14)17)25(22,23)20-15-10(2)18-16(21(4)5)19-11(15)3/h7-9,20H,6H2,1-5H3. The predicted molar refractivity (Wildman–Crippen MR) is 94.2 cm³/mol. The lowest BCUT2D eigenvalue weighted by molar-refractivity contribution is 0.321. The van der Waals surface area contributed by atoms with Crippen molar-refractivity contribution in [3.8, 4) is 5.75 Å². The zero-order valence-electron chi connectivity index (χ0n) is 14.8. The molecule has 25 heavy (non-hydrogen) atoms. The highest BCUT2D eigenvalue weighted by Gasteiger charge is 2.20. The van der Waals surface area contributed by atoms with Crippen molar-refractivity contribution < 1.29 is 17.5 Å². The maximum atomic E-state index is 14.0. The Kier molecular flexibility index (Phi) is 5.46. The normalized spacial score (nSPS) is 11.3. The molecular weight excluding hydrogens is 347 g/mol. The maximum Gasteiger partial charge on any atom is 0.262 e. The largest absolute Gasteiger partial charge is 0.491 e. The highest BCUT2D eigenvalue weighted by Crippen LogP contribution is 2.25. The van der Waals surface area contributed by atoms with E-state index in [2.05, 4.69) is 14.7 Å². The summed E-state index contributed by atoms with van der Waals surface area (Å²) >= 11 is 0. The lowest BCUT2D eigenvalue weighted by Crippen LogP contribution is -2.19. The van der Waals surface area contributed by atoms with Crippen molar-refractivity contribution in [1.29, 1.82) is 0 Å². The van der Waals surface area contributed by atoms with Gasteiger partial charge in [-0.3, -0.25) is 4.72 Å². The van der Waals surface area contributed by atoms with E-state index in [1.807, 2.05) is 0 Å². The zero-order valence-corrected chi connectivity index (χ0v) is 15.6. The smallest absolute Gasteiger partial charge is 0.262 e. The van der Waals surface area contributed by atoms with Gasteiger partial charge in [0.25, 0.3) is 10.0 Å². The van der Waals surface area contributed by atoms with Crippen molar-refractivity contribution in [2.45, 2.75) is 25.7 Å². The maximum absolute atomic E-state index is 14.0. The molecule has 0 bridgehead atoms. The minimum atomic E-state index is -3.98. The SMILES string of the molecule is CCOc1ccc(S(=O)(=O)Nc2c(C)nc(N(C)C)nc2C)cc1F. The van der Waals surface area contributed by atoms with Crippen LogP contribution in [-0.2, 0) is 10.0 Å². The van der Waals surface area contributed by atoms with Gasteiger partial charge in [0.15, 0.2) is 11.6 Å². The van der Waals surface area contributed by atoms with Gasteiger partial charge in [-0.25, -0.2) is 22.8 Å². The minimum absolute atomic E-state index is 0.00693. The highest BCUT2D eigenvalue weighted by molar-refractivity contribution is 7.92. The van der Waals surface area contributed by atoms with E-state index in [0.717, 1.165) is 6.07 Å². The van der Waals surface area contributed by atoms with Crippen LogP contribution in [0.3, 0.4) is 0 Å². The van der Waals surface area contributed by atoms with Crippen molar-refractivity contribution in [2.24, 2.45) is 0 Å². The average molecular weight is 368 g/mol. The van der Waals surface area contributed by atoms with E-state index in [0.29, 0.717) is 17.3 Å². The zero-order chi connectivity index (χ0) is 18.8. The molecule has 2 rings (SSSR count). The topological polar surface area (TPSA) is 84.4 Å². The van der Waals surface area contributed by atoms with Gasteiger partial charge in [-0.1, -0.05) is 0 Å². The van der Waals surface area contributed by atoms with Crippen molar-refractivity contribution in [1.82, 2.24) is 9.97 Å². The molecule has 7 nitrogen and oxygen atoms in total. The molecule has 1 aromatic carbocycles. The second-order valence-corrected chi connectivity index (χ2v) is 7.28. The van der Waals surface area contributed by atoms with Gasteiger partial charge in [-0.05, 0) is 39.0 Å². The third kappa shape index (κ3) is 4.16. The number of anilines is 2. The molecule has 0 fully saturated rings. The Bertz CT molecular complexity index is 862. The lowest BCUT2D eigenvalue weighted by Gasteiger charge is -2.16. The molecular formula is C16H21FN4O3S. The number of nitrogens with one attached hydrogen (secondary N) is 1. The highest BCUT2D eigenvalue weighted by atomic mass is 32.2. The summed E-state index contributed by atoms with van der Waals surface area (Å²) in [4.78, 5) is 10.0. The summed E-state index contributed by atoms with van der Waals surface area (Å²) in [6, 6.07) is 3.50. The summed E-state index contributed by atoms with van der Waals surface area (Å²) in [6.45, 7) is 5.36. The molecule has 0 atom stereocenters. The van der Waals surface area contributed by atoms with E-state index >= 15 is 0 Å². The summed E-state index contributed by atoms with van der Waals surface area (Å²) in [7, 11) is -0.400. The van der Waals surface area contributed by atoms with Gasteiger partial charge in [-0.15, -0.1) is 0 Å². The molecule has 1 N–H and O–H groups in total. The summed E-state index contributed by atoms with van der Waals surface area (Å²) in [5.41, 5.74) is 1.23. The molecule has 0 radical (unpaired) electrons. The van der Waals surface area contributed by atoms with Crippen molar-refractivity contribution in [2.75, 3.05) is 30.3 Å². The van der Waals surface area contributed by atoms with Crippen LogP contribution in [0.4, 0.5) is 16.0 Å². The van der Waals surface area contributed by atoms with E-state index in [9.17, 15) is 12.8 Å². The van der Waals surface area contributed by atoms with Crippen LogP contribution in [0.2, 0.25) is 0 Å². The fourth-order valence-corrected chi connectivity index (χ4v) is 3.35. The van der Waals surface area contributed by atoms with Gasteiger partial charge in [0.1, 0.15) is 0 Å². The summed E-state index contributed by atoms with van der Waals surface area (Å²) in [5.74, 6) is -0.255. The Labute approximate surface area is 146 Å². The molecule has 0 amide bonds.